The summed E-state index contributed by atoms with van der Waals surface area (Å²) in [5, 5.41) is 7.90. The number of carboxylic acid groups (broad SMARTS) is 1. The second-order valence-electron chi connectivity index (χ2n) is 4.88. The SMILES string of the molecule is Cc1oc(CNS(=O)(=O)C2CCS(=O)(=O)C2)cc1C(=O)O. The molecule has 0 amide bonds. The first kappa shape index (κ1) is 16.0. The second kappa shape index (κ2) is 5.43. The number of sulfonamides is 1. The van der Waals surface area contributed by atoms with Gasteiger partial charge in [-0.2, -0.15) is 0 Å². The lowest BCUT2D eigenvalue weighted by Gasteiger charge is -2.10. The largest absolute Gasteiger partial charge is 0.478 e. The molecule has 0 spiro atoms. The molecule has 2 rings (SSSR count). The number of hydrogen-bond donors (Lipinski definition) is 2. The maximum Gasteiger partial charge on any atom is 0.339 e. The van der Waals surface area contributed by atoms with Crippen molar-refractivity contribution in [3.8, 4) is 0 Å². The van der Waals surface area contributed by atoms with Crippen LogP contribution in [0.2, 0.25) is 0 Å². The van der Waals surface area contributed by atoms with Crippen LogP contribution in [0.1, 0.15) is 28.3 Å². The van der Waals surface area contributed by atoms with E-state index in [-0.39, 0.29) is 41.6 Å². The minimum atomic E-state index is -3.79. The summed E-state index contributed by atoms with van der Waals surface area (Å²) in [6.07, 6.45) is 0.0647. The van der Waals surface area contributed by atoms with Gasteiger partial charge < -0.3 is 9.52 Å². The smallest absolute Gasteiger partial charge is 0.339 e. The molecule has 2 N–H and O–H groups in total. The number of aryl methyl sites for hydroxylation is 1. The van der Waals surface area contributed by atoms with E-state index < -0.39 is 31.1 Å². The first-order chi connectivity index (χ1) is 9.61. The summed E-state index contributed by atoms with van der Waals surface area (Å²) in [5.41, 5.74) is -0.0346. The predicted octanol–water partition coefficient (Wildman–Crippen LogP) is -0.107. The number of carboxylic acids is 1. The highest BCUT2D eigenvalue weighted by Gasteiger charge is 2.37. The standard InChI is InChI=1S/C11H15NO7S2/c1-7-10(11(13)14)4-8(19-7)5-12-21(17,18)9-2-3-20(15,16)6-9/h4,9,12H,2-3,5-6H2,1H3,(H,13,14). The number of rotatable bonds is 5. The zero-order chi connectivity index (χ0) is 15.8. The van der Waals surface area contributed by atoms with Gasteiger partial charge in [-0.1, -0.05) is 0 Å². The van der Waals surface area contributed by atoms with Gasteiger partial charge in [-0.15, -0.1) is 0 Å². The maximum absolute atomic E-state index is 12.0. The molecule has 0 aliphatic carbocycles. The zero-order valence-corrected chi connectivity index (χ0v) is 12.8. The van der Waals surface area contributed by atoms with Crippen molar-refractivity contribution in [3.63, 3.8) is 0 Å². The summed E-state index contributed by atoms with van der Waals surface area (Å²) < 4.78 is 54.0. The van der Waals surface area contributed by atoms with Crippen molar-refractivity contribution < 1.29 is 31.2 Å². The molecule has 10 heteroatoms. The summed E-state index contributed by atoms with van der Waals surface area (Å²) in [5.74, 6) is -1.34. The summed E-state index contributed by atoms with van der Waals surface area (Å²) in [6, 6.07) is 1.24. The van der Waals surface area contributed by atoms with E-state index in [2.05, 4.69) is 4.72 Å². The molecule has 8 nitrogen and oxygen atoms in total. The summed E-state index contributed by atoms with van der Waals surface area (Å²) in [4.78, 5) is 10.9. The molecule has 0 aromatic carbocycles. The van der Waals surface area contributed by atoms with E-state index in [0.29, 0.717) is 0 Å². The topological polar surface area (TPSA) is 131 Å². The third-order valence-corrected chi connectivity index (χ3v) is 7.08. The first-order valence-corrected chi connectivity index (χ1v) is 9.49. The maximum atomic E-state index is 12.0. The van der Waals surface area contributed by atoms with Gasteiger partial charge in [-0.25, -0.2) is 26.4 Å². The van der Waals surface area contributed by atoms with Crippen molar-refractivity contribution in [3.05, 3.63) is 23.2 Å². The van der Waals surface area contributed by atoms with E-state index >= 15 is 0 Å². The highest BCUT2D eigenvalue weighted by Crippen LogP contribution is 2.19. The Kier molecular flexibility index (Phi) is 4.13. The number of hydrogen-bond acceptors (Lipinski definition) is 6. The van der Waals surface area contributed by atoms with Crippen molar-refractivity contribution in [2.24, 2.45) is 0 Å². The summed E-state index contributed by atoms with van der Waals surface area (Å²) >= 11 is 0. The molecule has 1 unspecified atom stereocenters. The van der Waals surface area contributed by atoms with Crippen molar-refractivity contribution in [2.45, 2.75) is 25.1 Å². The van der Waals surface area contributed by atoms with Gasteiger partial charge in [0.25, 0.3) is 0 Å². The minimum absolute atomic E-state index is 0.0346. The molecule has 2 heterocycles. The molecule has 0 bridgehead atoms. The van der Waals surface area contributed by atoms with Crippen LogP contribution in [0.15, 0.2) is 10.5 Å². The van der Waals surface area contributed by atoms with Gasteiger partial charge in [0.05, 0.1) is 23.3 Å². The lowest BCUT2D eigenvalue weighted by Crippen LogP contribution is -2.34. The molecule has 118 valence electrons. The Morgan fingerprint density at radius 2 is 2.19 bits per heavy atom. The number of carbonyl (C=O) groups is 1. The fourth-order valence-electron chi connectivity index (χ4n) is 2.14. The normalized spacial score (nSPS) is 21.5. The summed E-state index contributed by atoms with van der Waals surface area (Å²) in [6.45, 7) is 1.25. The molecule has 1 fully saturated rings. The van der Waals surface area contributed by atoms with Crippen LogP contribution in [0, 0.1) is 6.92 Å². The first-order valence-electron chi connectivity index (χ1n) is 6.12. The Labute approximate surface area is 122 Å². The van der Waals surface area contributed by atoms with Gasteiger partial charge in [0.2, 0.25) is 10.0 Å². The van der Waals surface area contributed by atoms with Gasteiger partial charge in [0.15, 0.2) is 9.84 Å². The lowest BCUT2D eigenvalue weighted by atomic mass is 10.2. The Balaban J connectivity index is 2.06. The Morgan fingerprint density at radius 1 is 1.52 bits per heavy atom. The average Bonchev–Trinajstić information content (AvgIpc) is 2.90. The molecule has 1 saturated heterocycles. The van der Waals surface area contributed by atoms with Crippen LogP contribution in [0.3, 0.4) is 0 Å². The fraction of sp³-hybridized carbons (Fsp3) is 0.545. The van der Waals surface area contributed by atoms with Crippen molar-refractivity contribution in [1.29, 1.82) is 0 Å². The number of sulfone groups is 1. The molecule has 1 aromatic heterocycles. The van der Waals surface area contributed by atoms with Crippen molar-refractivity contribution >= 4 is 25.8 Å². The third-order valence-electron chi connectivity index (χ3n) is 3.28. The molecule has 0 radical (unpaired) electrons. The van der Waals surface area contributed by atoms with Crippen LogP contribution < -0.4 is 4.72 Å². The molecule has 21 heavy (non-hydrogen) atoms. The van der Waals surface area contributed by atoms with E-state index in [0.717, 1.165) is 0 Å². The molecular weight excluding hydrogens is 322 g/mol. The van der Waals surface area contributed by atoms with Crippen LogP contribution in [-0.4, -0.2) is 44.7 Å². The van der Waals surface area contributed by atoms with Gasteiger partial charge in [-0.05, 0) is 19.4 Å². The quantitative estimate of drug-likeness (QED) is 0.766. The van der Waals surface area contributed by atoms with E-state index in [4.69, 9.17) is 9.52 Å². The monoisotopic (exact) mass is 337 g/mol. The highest BCUT2D eigenvalue weighted by atomic mass is 32.2. The van der Waals surface area contributed by atoms with Crippen LogP contribution in [0.5, 0.6) is 0 Å². The van der Waals surface area contributed by atoms with E-state index in [1.165, 1.54) is 13.0 Å². The van der Waals surface area contributed by atoms with Crippen LogP contribution in [0.25, 0.3) is 0 Å². The summed E-state index contributed by atoms with van der Waals surface area (Å²) in [7, 11) is -7.09. The Morgan fingerprint density at radius 3 is 2.67 bits per heavy atom. The van der Waals surface area contributed by atoms with Gasteiger partial charge >= 0.3 is 5.97 Å². The Hall–Kier alpha value is -1.39. The fourth-order valence-corrected chi connectivity index (χ4v) is 6.18. The average molecular weight is 337 g/mol. The van der Waals surface area contributed by atoms with Crippen molar-refractivity contribution in [1.82, 2.24) is 4.72 Å². The van der Waals surface area contributed by atoms with E-state index in [9.17, 15) is 21.6 Å². The molecule has 1 aliphatic heterocycles. The zero-order valence-electron chi connectivity index (χ0n) is 11.2. The molecule has 0 saturated carbocycles. The van der Waals surface area contributed by atoms with Crippen molar-refractivity contribution in [2.75, 3.05) is 11.5 Å². The van der Waals surface area contributed by atoms with Crippen LogP contribution >= 0.6 is 0 Å². The molecule has 1 atom stereocenters. The predicted molar refractivity (Wildman–Crippen MR) is 73.2 cm³/mol. The Bertz CT molecular complexity index is 760. The van der Waals surface area contributed by atoms with Crippen LogP contribution in [-0.2, 0) is 26.4 Å². The van der Waals surface area contributed by atoms with Gasteiger partial charge in [0, 0.05) is 0 Å². The molecular formula is C11H15NO7S2. The number of furan rings is 1. The number of nitrogens with one attached hydrogen (secondary N) is 1. The van der Waals surface area contributed by atoms with Gasteiger partial charge in [0.1, 0.15) is 17.1 Å². The van der Waals surface area contributed by atoms with Crippen LogP contribution in [0.4, 0.5) is 0 Å². The van der Waals surface area contributed by atoms with E-state index in [1.54, 1.807) is 0 Å². The molecule has 1 aromatic rings. The third kappa shape index (κ3) is 3.63. The minimum Gasteiger partial charge on any atom is -0.478 e. The molecule has 1 aliphatic rings. The second-order valence-corrected chi connectivity index (χ2v) is 9.15. The highest BCUT2D eigenvalue weighted by molar-refractivity contribution is 7.95. The lowest BCUT2D eigenvalue weighted by molar-refractivity contribution is 0.0695. The number of aromatic carboxylic acids is 1. The van der Waals surface area contributed by atoms with E-state index in [1.807, 2.05) is 0 Å². The van der Waals surface area contributed by atoms with Gasteiger partial charge in [-0.3, -0.25) is 0 Å².